The zero-order valence-electron chi connectivity index (χ0n) is 8.04. The zero-order valence-corrected chi connectivity index (χ0v) is 8.04. The van der Waals surface area contributed by atoms with Gasteiger partial charge in [0.25, 0.3) is 0 Å². The van der Waals surface area contributed by atoms with Gasteiger partial charge in [0, 0.05) is 17.7 Å². The summed E-state index contributed by atoms with van der Waals surface area (Å²) >= 11 is 0. The molecule has 0 aliphatic rings. The molecular formula is C10H9N5. The first-order valence-electron chi connectivity index (χ1n) is 4.40. The third-order valence-electron chi connectivity index (χ3n) is 1.66. The van der Waals surface area contributed by atoms with Gasteiger partial charge in [-0.05, 0) is 30.2 Å². The molecule has 0 aliphatic carbocycles. The molecule has 0 N–H and O–H groups in total. The minimum absolute atomic E-state index is 0.435. The minimum Gasteiger partial charge on any atom is -0.257 e. The molecule has 0 bridgehead atoms. The molecule has 1 aromatic heterocycles. The molecule has 0 saturated heterocycles. The number of aromatic nitrogens is 1. The number of rotatable bonds is 4. The lowest BCUT2D eigenvalue weighted by atomic mass is 10.2. The molecule has 0 aliphatic heterocycles. The van der Waals surface area contributed by atoms with Crippen molar-refractivity contribution in [1.82, 2.24) is 4.98 Å². The van der Waals surface area contributed by atoms with Crippen molar-refractivity contribution in [2.24, 2.45) is 5.11 Å². The number of nitriles is 1. The minimum atomic E-state index is 0.435. The van der Waals surface area contributed by atoms with Gasteiger partial charge < -0.3 is 0 Å². The number of azide groups is 1. The van der Waals surface area contributed by atoms with Crippen molar-refractivity contribution < 1.29 is 0 Å². The van der Waals surface area contributed by atoms with Crippen LogP contribution in [-0.4, -0.2) is 11.5 Å². The fourth-order valence-corrected chi connectivity index (χ4v) is 0.990. The summed E-state index contributed by atoms with van der Waals surface area (Å²) in [6.45, 7) is 0.435. The molecule has 1 heterocycles. The summed E-state index contributed by atoms with van der Waals surface area (Å²) in [5, 5.41) is 12.0. The van der Waals surface area contributed by atoms with E-state index >= 15 is 0 Å². The molecular weight excluding hydrogens is 190 g/mol. The van der Waals surface area contributed by atoms with Crippen LogP contribution in [0, 0.1) is 11.3 Å². The predicted molar refractivity (Wildman–Crippen MR) is 56.6 cm³/mol. The Hall–Kier alpha value is -2.31. The van der Waals surface area contributed by atoms with Crippen molar-refractivity contribution in [3.8, 4) is 6.07 Å². The second-order valence-corrected chi connectivity index (χ2v) is 2.73. The Morgan fingerprint density at radius 1 is 1.67 bits per heavy atom. The molecule has 0 spiro atoms. The fourth-order valence-electron chi connectivity index (χ4n) is 0.990. The quantitative estimate of drug-likeness (QED) is 0.323. The molecule has 5 nitrogen and oxygen atoms in total. The molecule has 15 heavy (non-hydrogen) atoms. The first kappa shape index (κ1) is 10.8. The summed E-state index contributed by atoms with van der Waals surface area (Å²) in [4.78, 5) is 6.70. The van der Waals surface area contributed by atoms with Gasteiger partial charge in [-0.15, -0.1) is 0 Å². The van der Waals surface area contributed by atoms with Crippen LogP contribution < -0.4 is 0 Å². The van der Waals surface area contributed by atoms with Crippen LogP contribution in [0.15, 0.2) is 29.5 Å². The lowest BCUT2D eigenvalue weighted by Gasteiger charge is -1.92. The summed E-state index contributed by atoms with van der Waals surface area (Å²) in [6, 6.07) is 5.39. The SMILES string of the molecule is N#Cc1ccnc(C=CCCN=[N+]=[N-])c1. The lowest BCUT2D eigenvalue weighted by molar-refractivity contribution is 0.995. The summed E-state index contributed by atoms with van der Waals surface area (Å²) in [5.74, 6) is 0. The van der Waals surface area contributed by atoms with Crippen molar-refractivity contribution in [2.45, 2.75) is 6.42 Å². The van der Waals surface area contributed by atoms with Gasteiger partial charge in [-0.25, -0.2) is 0 Å². The largest absolute Gasteiger partial charge is 0.257 e. The second-order valence-electron chi connectivity index (χ2n) is 2.73. The molecule has 0 unspecified atom stereocenters. The molecule has 5 heteroatoms. The van der Waals surface area contributed by atoms with E-state index in [-0.39, 0.29) is 0 Å². The first-order chi connectivity index (χ1) is 7.36. The molecule has 0 radical (unpaired) electrons. The highest BCUT2D eigenvalue weighted by Crippen LogP contribution is 2.02. The maximum atomic E-state index is 8.65. The second kappa shape index (κ2) is 6.19. The monoisotopic (exact) mass is 199 g/mol. The van der Waals surface area contributed by atoms with Crippen LogP contribution in [0.3, 0.4) is 0 Å². The number of hydrogen-bond acceptors (Lipinski definition) is 3. The highest BCUT2D eigenvalue weighted by atomic mass is 15.1. The number of nitrogens with zero attached hydrogens (tertiary/aromatic N) is 5. The number of pyridine rings is 1. The molecule has 1 rings (SSSR count). The molecule has 0 aromatic carbocycles. The van der Waals surface area contributed by atoms with Crippen LogP contribution in [-0.2, 0) is 0 Å². The van der Waals surface area contributed by atoms with E-state index in [9.17, 15) is 0 Å². The number of hydrogen-bond donors (Lipinski definition) is 0. The van der Waals surface area contributed by atoms with E-state index in [1.165, 1.54) is 0 Å². The highest BCUT2D eigenvalue weighted by Gasteiger charge is 1.91. The maximum absolute atomic E-state index is 8.65. The Balaban J connectivity index is 2.57. The smallest absolute Gasteiger partial charge is 0.0992 e. The lowest BCUT2D eigenvalue weighted by Crippen LogP contribution is -1.82. The molecule has 0 amide bonds. The third kappa shape index (κ3) is 3.94. The topological polar surface area (TPSA) is 85.4 Å². The van der Waals surface area contributed by atoms with Crippen LogP contribution in [0.4, 0.5) is 0 Å². The van der Waals surface area contributed by atoms with Crippen molar-refractivity contribution in [1.29, 1.82) is 5.26 Å². The standard InChI is InChI=1S/C10H9N5/c11-8-9-4-6-13-10(7-9)3-1-2-5-14-15-12/h1,3-4,6-7H,2,5H2. The zero-order chi connectivity index (χ0) is 10.9. The summed E-state index contributed by atoms with van der Waals surface area (Å²) < 4.78 is 0. The fraction of sp³-hybridized carbons (Fsp3) is 0.200. The van der Waals surface area contributed by atoms with Crippen LogP contribution in [0.2, 0.25) is 0 Å². The van der Waals surface area contributed by atoms with E-state index in [0.717, 1.165) is 5.69 Å². The Morgan fingerprint density at radius 2 is 2.53 bits per heavy atom. The van der Waals surface area contributed by atoms with Gasteiger partial charge in [-0.1, -0.05) is 11.2 Å². The van der Waals surface area contributed by atoms with E-state index in [1.807, 2.05) is 12.1 Å². The summed E-state index contributed by atoms with van der Waals surface area (Å²) in [6.07, 6.45) is 5.92. The molecule has 0 fully saturated rings. The van der Waals surface area contributed by atoms with E-state index in [1.54, 1.807) is 24.4 Å². The van der Waals surface area contributed by atoms with E-state index < -0.39 is 0 Å². The average Bonchev–Trinajstić information content (AvgIpc) is 2.29. The first-order valence-corrected chi connectivity index (χ1v) is 4.40. The van der Waals surface area contributed by atoms with E-state index in [2.05, 4.69) is 15.0 Å². The van der Waals surface area contributed by atoms with Crippen LogP contribution >= 0.6 is 0 Å². The van der Waals surface area contributed by atoms with Gasteiger partial charge in [-0.2, -0.15) is 5.26 Å². The van der Waals surface area contributed by atoms with E-state index in [0.29, 0.717) is 18.5 Å². The van der Waals surface area contributed by atoms with Crippen molar-refractivity contribution >= 4 is 6.08 Å². The van der Waals surface area contributed by atoms with Crippen molar-refractivity contribution in [3.63, 3.8) is 0 Å². The Labute approximate surface area is 87.3 Å². The van der Waals surface area contributed by atoms with Crippen molar-refractivity contribution in [3.05, 3.63) is 46.1 Å². The Kier molecular flexibility index (Phi) is 4.44. The van der Waals surface area contributed by atoms with Gasteiger partial charge in [0.2, 0.25) is 0 Å². The van der Waals surface area contributed by atoms with Crippen molar-refractivity contribution in [2.75, 3.05) is 6.54 Å². The summed E-state index contributed by atoms with van der Waals surface area (Å²) in [7, 11) is 0. The van der Waals surface area contributed by atoms with Crippen LogP contribution in [0.5, 0.6) is 0 Å². The van der Waals surface area contributed by atoms with Gasteiger partial charge in [-0.3, -0.25) is 4.98 Å². The maximum Gasteiger partial charge on any atom is 0.0992 e. The Bertz CT molecular complexity index is 437. The van der Waals surface area contributed by atoms with Crippen LogP contribution in [0.25, 0.3) is 16.5 Å². The predicted octanol–water partition coefficient (Wildman–Crippen LogP) is 2.67. The highest BCUT2D eigenvalue weighted by molar-refractivity contribution is 5.47. The molecule has 0 atom stereocenters. The van der Waals surface area contributed by atoms with E-state index in [4.69, 9.17) is 10.8 Å². The molecule has 1 aromatic rings. The molecule has 74 valence electrons. The third-order valence-corrected chi connectivity index (χ3v) is 1.66. The van der Waals surface area contributed by atoms with Gasteiger partial charge in [0.05, 0.1) is 17.3 Å². The average molecular weight is 199 g/mol. The van der Waals surface area contributed by atoms with Gasteiger partial charge in [0.1, 0.15) is 0 Å². The van der Waals surface area contributed by atoms with Gasteiger partial charge >= 0.3 is 0 Å². The normalized spacial score (nSPS) is 9.53. The molecule has 0 saturated carbocycles. The van der Waals surface area contributed by atoms with Crippen LogP contribution in [0.1, 0.15) is 17.7 Å². The summed E-state index contributed by atoms with van der Waals surface area (Å²) in [5.41, 5.74) is 9.35. The Morgan fingerprint density at radius 3 is 3.27 bits per heavy atom. The van der Waals surface area contributed by atoms with Gasteiger partial charge in [0.15, 0.2) is 0 Å².